The number of hydrogen-bond donors (Lipinski definition) is 1. The lowest BCUT2D eigenvalue weighted by Gasteiger charge is -2.09. The third kappa shape index (κ3) is 3.69. The van der Waals surface area contributed by atoms with Crippen molar-refractivity contribution in [3.63, 3.8) is 0 Å². The van der Waals surface area contributed by atoms with Crippen LogP contribution in [0.3, 0.4) is 0 Å². The van der Waals surface area contributed by atoms with Gasteiger partial charge in [-0.3, -0.25) is 5.43 Å². The highest BCUT2D eigenvalue weighted by Crippen LogP contribution is 2.20. The number of aryl methyl sites for hydroxylation is 1. The van der Waals surface area contributed by atoms with Gasteiger partial charge < -0.3 is 4.52 Å². The topological polar surface area (TPSA) is 63.3 Å². The van der Waals surface area contributed by atoms with Gasteiger partial charge in [0.25, 0.3) is 5.89 Å². The van der Waals surface area contributed by atoms with Crippen LogP contribution in [0.5, 0.6) is 0 Å². The lowest BCUT2D eigenvalue weighted by atomic mass is 10.1. The highest BCUT2D eigenvalue weighted by Gasteiger charge is 2.16. The minimum absolute atomic E-state index is 0.433. The molecule has 4 aromatic rings. The largest absolute Gasteiger partial charge is 0.334 e. The van der Waals surface area contributed by atoms with Crippen LogP contribution in [0.15, 0.2) is 88.5 Å². The quantitative estimate of drug-likeness (QED) is 0.388. The van der Waals surface area contributed by atoms with Gasteiger partial charge in [0, 0.05) is 11.1 Å². The minimum atomic E-state index is 0.433. The Balaban J connectivity index is 1.73. The molecular formula is C23H20N4O. The fourth-order valence-corrected chi connectivity index (χ4v) is 2.85. The van der Waals surface area contributed by atoms with Gasteiger partial charge in [0.15, 0.2) is 0 Å². The molecule has 5 heteroatoms. The molecule has 0 atom stereocenters. The number of hydrazone groups is 1. The number of benzene rings is 3. The van der Waals surface area contributed by atoms with Gasteiger partial charge in [0.05, 0.1) is 5.69 Å². The fraction of sp³-hybridized carbons (Fsp3) is 0.0870. The Morgan fingerprint density at radius 3 is 2.32 bits per heavy atom. The van der Waals surface area contributed by atoms with Crippen molar-refractivity contribution in [3.05, 3.63) is 101 Å². The third-order valence-electron chi connectivity index (χ3n) is 4.60. The highest BCUT2D eigenvalue weighted by atomic mass is 16.5. The van der Waals surface area contributed by atoms with E-state index in [0.717, 1.165) is 22.4 Å². The van der Waals surface area contributed by atoms with E-state index >= 15 is 0 Å². The molecule has 1 heterocycles. The molecule has 0 unspecified atom stereocenters. The first-order valence-electron chi connectivity index (χ1n) is 9.07. The van der Waals surface area contributed by atoms with Gasteiger partial charge in [-0.05, 0) is 43.2 Å². The number of hydrogen-bond acceptors (Lipinski definition) is 5. The predicted molar refractivity (Wildman–Crippen MR) is 111 cm³/mol. The average Bonchev–Trinajstić information content (AvgIpc) is 3.23. The second kappa shape index (κ2) is 7.88. The summed E-state index contributed by atoms with van der Waals surface area (Å²) in [5.41, 5.74) is 8.85. The van der Waals surface area contributed by atoms with Crippen molar-refractivity contribution >= 4 is 11.4 Å². The first kappa shape index (κ1) is 17.7. The molecule has 0 aliphatic carbocycles. The van der Waals surface area contributed by atoms with Crippen LogP contribution in [0.25, 0.3) is 11.5 Å². The van der Waals surface area contributed by atoms with Gasteiger partial charge in [0.1, 0.15) is 5.71 Å². The van der Waals surface area contributed by atoms with Gasteiger partial charge in [-0.25, -0.2) is 0 Å². The summed E-state index contributed by atoms with van der Waals surface area (Å²) in [6.45, 7) is 4.14. The molecule has 3 aromatic carbocycles. The molecule has 1 aromatic heterocycles. The molecule has 0 saturated heterocycles. The SMILES string of the molecule is Cc1cccc(N/N=C(/c2ccccc2)c2noc(-c3ccccc3)n2)c1C. The normalized spacial score (nSPS) is 11.4. The lowest BCUT2D eigenvalue weighted by molar-refractivity contribution is 0.429. The van der Waals surface area contributed by atoms with Crippen LogP contribution in [0.1, 0.15) is 22.5 Å². The molecule has 4 rings (SSSR count). The molecule has 0 aliphatic heterocycles. The lowest BCUT2D eigenvalue weighted by Crippen LogP contribution is -2.09. The summed E-state index contributed by atoms with van der Waals surface area (Å²) in [4.78, 5) is 4.56. The van der Waals surface area contributed by atoms with Gasteiger partial charge in [0.2, 0.25) is 5.82 Å². The summed E-state index contributed by atoms with van der Waals surface area (Å²) in [5.74, 6) is 0.897. The Hall–Kier alpha value is -3.73. The van der Waals surface area contributed by atoms with E-state index in [4.69, 9.17) is 4.52 Å². The molecule has 1 N–H and O–H groups in total. The van der Waals surface area contributed by atoms with Gasteiger partial charge in [-0.2, -0.15) is 10.1 Å². The zero-order chi connectivity index (χ0) is 19.3. The van der Waals surface area contributed by atoms with Crippen LogP contribution >= 0.6 is 0 Å². The number of rotatable bonds is 5. The molecule has 0 fully saturated rings. The van der Waals surface area contributed by atoms with E-state index in [1.807, 2.05) is 72.8 Å². The maximum absolute atomic E-state index is 5.48. The second-order valence-corrected chi connectivity index (χ2v) is 6.47. The second-order valence-electron chi connectivity index (χ2n) is 6.47. The van der Waals surface area contributed by atoms with Crippen molar-refractivity contribution in [1.82, 2.24) is 10.1 Å². The van der Waals surface area contributed by atoms with Crippen LogP contribution < -0.4 is 5.43 Å². The summed E-state index contributed by atoms with van der Waals surface area (Å²) in [6, 6.07) is 25.6. The summed E-state index contributed by atoms with van der Waals surface area (Å²) in [6.07, 6.45) is 0. The van der Waals surface area contributed by atoms with Gasteiger partial charge >= 0.3 is 0 Å². The molecule has 0 spiro atoms. The smallest absolute Gasteiger partial charge is 0.258 e. The summed E-state index contributed by atoms with van der Waals surface area (Å²) < 4.78 is 5.48. The van der Waals surface area contributed by atoms with Crippen LogP contribution in [0.4, 0.5) is 5.69 Å². The van der Waals surface area contributed by atoms with E-state index in [1.54, 1.807) is 0 Å². The standard InChI is InChI=1S/C23H20N4O/c1-16-10-9-15-20(17(16)2)25-26-21(18-11-5-3-6-12-18)22-24-23(28-27-22)19-13-7-4-8-14-19/h3-15,25H,1-2H3/b26-21-. The summed E-state index contributed by atoms with van der Waals surface area (Å²) in [7, 11) is 0. The molecule has 0 aliphatic rings. The number of anilines is 1. The van der Waals surface area contributed by atoms with Gasteiger partial charge in [-0.15, -0.1) is 0 Å². The van der Waals surface area contributed by atoms with Crippen molar-refractivity contribution in [2.75, 3.05) is 5.43 Å². The molecule has 0 bridgehead atoms. The minimum Gasteiger partial charge on any atom is -0.334 e. The summed E-state index contributed by atoms with van der Waals surface area (Å²) in [5, 5.41) is 8.79. The average molecular weight is 368 g/mol. The van der Waals surface area contributed by atoms with Crippen molar-refractivity contribution < 1.29 is 4.52 Å². The Bertz CT molecular complexity index is 1100. The van der Waals surface area contributed by atoms with E-state index < -0.39 is 0 Å². The van der Waals surface area contributed by atoms with E-state index in [9.17, 15) is 0 Å². The number of nitrogens with zero attached hydrogens (tertiary/aromatic N) is 3. The highest BCUT2D eigenvalue weighted by molar-refractivity contribution is 6.10. The molecule has 5 nitrogen and oxygen atoms in total. The van der Waals surface area contributed by atoms with Crippen LogP contribution in [0.2, 0.25) is 0 Å². The number of aromatic nitrogens is 2. The van der Waals surface area contributed by atoms with E-state index in [0.29, 0.717) is 17.4 Å². The van der Waals surface area contributed by atoms with Gasteiger partial charge in [-0.1, -0.05) is 65.8 Å². The molecule has 0 radical (unpaired) electrons. The van der Waals surface area contributed by atoms with Crippen molar-refractivity contribution in [2.24, 2.45) is 5.10 Å². The predicted octanol–water partition coefficient (Wildman–Crippen LogP) is 5.22. The maximum Gasteiger partial charge on any atom is 0.258 e. The van der Waals surface area contributed by atoms with Crippen molar-refractivity contribution in [3.8, 4) is 11.5 Å². The summed E-state index contributed by atoms with van der Waals surface area (Å²) >= 11 is 0. The van der Waals surface area contributed by atoms with E-state index in [1.165, 1.54) is 5.56 Å². The molecule has 28 heavy (non-hydrogen) atoms. The molecular weight excluding hydrogens is 348 g/mol. The third-order valence-corrected chi connectivity index (χ3v) is 4.60. The first-order valence-corrected chi connectivity index (χ1v) is 9.07. The number of nitrogens with one attached hydrogen (secondary N) is 1. The zero-order valence-electron chi connectivity index (χ0n) is 15.8. The van der Waals surface area contributed by atoms with E-state index in [-0.39, 0.29) is 0 Å². The molecule has 138 valence electrons. The molecule has 0 amide bonds. The van der Waals surface area contributed by atoms with Crippen LogP contribution in [-0.4, -0.2) is 15.9 Å². The monoisotopic (exact) mass is 368 g/mol. The van der Waals surface area contributed by atoms with Crippen LogP contribution in [-0.2, 0) is 0 Å². The first-order chi connectivity index (χ1) is 13.7. The molecule has 0 saturated carbocycles. The van der Waals surface area contributed by atoms with Crippen LogP contribution in [0, 0.1) is 13.8 Å². The zero-order valence-corrected chi connectivity index (χ0v) is 15.8. The van der Waals surface area contributed by atoms with E-state index in [2.05, 4.69) is 40.6 Å². The maximum atomic E-state index is 5.48. The Kier molecular flexibility index (Phi) is 4.97. The Morgan fingerprint density at radius 2 is 1.57 bits per heavy atom. The fourth-order valence-electron chi connectivity index (χ4n) is 2.85. The van der Waals surface area contributed by atoms with Crippen molar-refractivity contribution in [1.29, 1.82) is 0 Å². The van der Waals surface area contributed by atoms with Crippen molar-refractivity contribution in [2.45, 2.75) is 13.8 Å². The Labute approximate surface area is 163 Å². The Morgan fingerprint density at radius 1 is 0.857 bits per heavy atom.